The van der Waals surface area contributed by atoms with Crippen molar-refractivity contribution in [1.29, 1.82) is 0 Å². The molecule has 0 saturated carbocycles. The zero-order chi connectivity index (χ0) is 10.1. The fourth-order valence-corrected chi connectivity index (χ4v) is 1.95. The molecule has 1 aromatic carbocycles. The number of aryl methyl sites for hydroxylation is 1. The van der Waals surface area contributed by atoms with Crippen LogP contribution in [0.15, 0.2) is 33.7 Å². The summed E-state index contributed by atoms with van der Waals surface area (Å²) < 4.78 is 0.934. The standard InChI is InChI=1S/C11H10BrNO/c1-2-7-6-13-11(14)10-5-8(12)3-4-9(7)10/h3-6H,2H2,1H3,(H,13,14). The van der Waals surface area contributed by atoms with Gasteiger partial charge in [-0.3, -0.25) is 4.79 Å². The third kappa shape index (κ3) is 1.48. The molecule has 1 aromatic heterocycles. The molecule has 1 N–H and O–H groups in total. The lowest BCUT2D eigenvalue weighted by atomic mass is 10.1. The molecule has 2 rings (SSSR count). The summed E-state index contributed by atoms with van der Waals surface area (Å²) in [5, 5.41) is 1.79. The van der Waals surface area contributed by atoms with Gasteiger partial charge < -0.3 is 4.98 Å². The van der Waals surface area contributed by atoms with Crippen molar-refractivity contribution >= 4 is 26.7 Å². The van der Waals surface area contributed by atoms with Gasteiger partial charge in [0, 0.05) is 16.1 Å². The van der Waals surface area contributed by atoms with Gasteiger partial charge in [0.25, 0.3) is 5.56 Å². The van der Waals surface area contributed by atoms with E-state index < -0.39 is 0 Å². The van der Waals surface area contributed by atoms with Crippen molar-refractivity contribution in [3.8, 4) is 0 Å². The van der Waals surface area contributed by atoms with Gasteiger partial charge in [-0.15, -0.1) is 0 Å². The highest BCUT2D eigenvalue weighted by atomic mass is 79.9. The van der Waals surface area contributed by atoms with Crippen molar-refractivity contribution in [3.63, 3.8) is 0 Å². The molecule has 3 heteroatoms. The molecule has 0 aliphatic heterocycles. The minimum absolute atomic E-state index is 0.0292. The molecule has 2 aromatic rings. The molecule has 0 amide bonds. The summed E-state index contributed by atoms with van der Waals surface area (Å²) in [7, 11) is 0. The Labute approximate surface area is 90.1 Å². The smallest absolute Gasteiger partial charge is 0.255 e. The van der Waals surface area contributed by atoms with E-state index in [1.807, 2.05) is 18.2 Å². The molecular formula is C11H10BrNO. The molecule has 1 heterocycles. The van der Waals surface area contributed by atoms with E-state index in [0.717, 1.165) is 21.7 Å². The summed E-state index contributed by atoms with van der Waals surface area (Å²) in [5.41, 5.74) is 1.14. The van der Waals surface area contributed by atoms with E-state index >= 15 is 0 Å². The Bertz CT molecular complexity index is 530. The topological polar surface area (TPSA) is 32.9 Å². The minimum atomic E-state index is -0.0292. The molecule has 0 saturated heterocycles. The van der Waals surface area contributed by atoms with Crippen LogP contribution >= 0.6 is 15.9 Å². The summed E-state index contributed by atoms with van der Waals surface area (Å²) in [4.78, 5) is 14.3. The van der Waals surface area contributed by atoms with Crippen molar-refractivity contribution in [3.05, 3.63) is 44.8 Å². The van der Waals surface area contributed by atoms with Crippen molar-refractivity contribution in [2.45, 2.75) is 13.3 Å². The molecule has 0 bridgehead atoms. The van der Waals surface area contributed by atoms with E-state index in [1.165, 1.54) is 5.56 Å². The third-order valence-electron chi connectivity index (χ3n) is 2.33. The van der Waals surface area contributed by atoms with Crippen molar-refractivity contribution in [2.24, 2.45) is 0 Å². The average Bonchev–Trinajstić information content (AvgIpc) is 2.19. The van der Waals surface area contributed by atoms with Crippen LogP contribution in [0.1, 0.15) is 12.5 Å². The number of hydrogen-bond donors (Lipinski definition) is 1. The summed E-state index contributed by atoms with van der Waals surface area (Å²) in [5.74, 6) is 0. The van der Waals surface area contributed by atoms with Gasteiger partial charge in [-0.05, 0) is 29.5 Å². The summed E-state index contributed by atoms with van der Waals surface area (Å²) >= 11 is 3.36. The fraction of sp³-hybridized carbons (Fsp3) is 0.182. The van der Waals surface area contributed by atoms with E-state index in [4.69, 9.17) is 0 Å². The number of hydrogen-bond acceptors (Lipinski definition) is 1. The highest BCUT2D eigenvalue weighted by Crippen LogP contribution is 2.19. The Balaban J connectivity index is 2.91. The second-order valence-electron chi connectivity index (χ2n) is 3.19. The highest BCUT2D eigenvalue weighted by molar-refractivity contribution is 9.10. The van der Waals surface area contributed by atoms with Crippen LogP contribution in [0.5, 0.6) is 0 Å². The lowest BCUT2D eigenvalue weighted by Crippen LogP contribution is -2.06. The molecule has 0 unspecified atom stereocenters. The molecule has 0 atom stereocenters. The molecule has 0 aliphatic carbocycles. The maximum absolute atomic E-state index is 11.5. The number of rotatable bonds is 1. The monoisotopic (exact) mass is 251 g/mol. The number of pyridine rings is 1. The van der Waals surface area contributed by atoms with Crippen LogP contribution < -0.4 is 5.56 Å². The summed E-state index contributed by atoms with van der Waals surface area (Å²) in [6.45, 7) is 2.08. The average molecular weight is 252 g/mol. The quantitative estimate of drug-likeness (QED) is 0.831. The molecule has 2 nitrogen and oxygen atoms in total. The Hall–Kier alpha value is -1.09. The number of halogens is 1. The predicted octanol–water partition coefficient (Wildman–Crippen LogP) is 2.85. The number of H-pyrrole nitrogens is 1. The number of aromatic amines is 1. The van der Waals surface area contributed by atoms with Crippen molar-refractivity contribution in [2.75, 3.05) is 0 Å². The van der Waals surface area contributed by atoms with Crippen LogP contribution in [0, 0.1) is 0 Å². The zero-order valence-corrected chi connectivity index (χ0v) is 9.39. The fourth-order valence-electron chi connectivity index (χ4n) is 1.59. The van der Waals surface area contributed by atoms with Crippen LogP contribution in [-0.4, -0.2) is 4.98 Å². The maximum atomic E-state index is 11.5. The lowest BCUT2D eigenvalue weighted by molar-refractivity contribution is 1.11. The molecule has 14 heavy (non-hydrogen) atoms. The molecule has 0 spiro atoms. The SMILES string of the molecule is CCc1c[nH]c(=O)c2cc(Br)ccc12. The second kappa shape index (κ2) is 3.58. The Morgan fingerprint density at radius 3 is 2.86 bits per heavy atom. The largest absolute Gasteiger partial charge is 0.328 e. The van der Waals surface area contributed by atoms with Crippen LogP contribution in [0.25, 0.3) is 10.8 Å². The second-order valence-corrected chi connectivity index (χ2v) is 4.10. The van der Waals surface area contributed by atoms with E-state index in [1.54, 1.807) is 6.20 Å². The Morgan fingerprint density at radius 2 is 2.14 bits per heavy atom. The van der Waals surface area contributed by atoms with Gasteiger partial charge in [0.15, 0.2) is 0 Å². The first-order chi connectivity index (χ1) is 6.72. The molecule has 0 fully saturated rings. The van der Waals surface area contributed by atoms with Crippen molar-refractivity contribution in [1.82, 2.24) is 4.98 Å². The van der Waals surface area contributed by atoms with Gasteiger partial charge >= 0.3 is 0 Å². The number of benzene rings is 1. The molecule has 0 aliphatic rings. The first kappa shape index (κ1) is 9.46. The van der Waals surface area contributed by atoms with Gasteiger partial charge in [-0.1, -0.05) is 28.9 Å². The predicted molar refractivity (Wildman–Crippen MR) is 61.6 cm³/mol. The molecular weight excluding hydrogens is 242 g/mol. The minimum Gasteiger partial charge on any atom is -0.328 e. The van der Waals surface area contributed by atoms with Gasteiger partial charge in [0.1, 0.15) is 0 Å². The zero-order valence-electron chi connectivity index (χ0n) is 7.80. The summed E-state index contributed by atoms with van der Waals surface area (Å²) in [6, 6.07) is 5.79. The third-order valence-corrected chi connectivity index (χ3v) is 2.82. The first-order valence-electron chi connectivity index (χ1n) is 4.52. The first-order valence-corrected chi connectivity index (χ1v) is 5.31. The Kier molecular flexibility index (Phi) is 2.42. The van der Waals surface area contributed by atoms with E-state index in [-0.39, 0.29) is 5.56 Å². The van der Waals surface area contributed by atoms with Crippen LogP contribution in [0.4, 0.5) is 0 Å². The molecule has 72 valence electrons. The molecule has 0 radical (unpaired) electrons. The van der Waals surface area contributed by atoms with Crippen LogP contribution in [0.2, 0.25) is 0 Å². The maximum Gasteiger partial charge on any atom is 0.255 e. The number of aromatic nitrogens is 1. The van der Waals surface area contributed by atoms with E-state index in [2.05, 4.69) is 27.8 Å². The van der Waals surface area contributed by atoms with Crippen LogP contribution in [-0.2, 0) is 6.42 Å². The summed E-state index contributed by atoms with van der Waals surface area (Å²) in [6.07, 6.45) is 2.72. The van der Waals surface area contributed by atoms with E-state index in [9.17, 15) is 4.79 Å². The number of fused-ring (bicyclic) bond motifs is 1. The van der Waals surface area contributed by atoms with Crippen molar-refractivity contribution < 1.29 is 0 Å². The Morgan fingerprint density at radius 1 is 1.36 bits per heavy atom. The van der Waals surface area contributed by atoms with E-state index in [0.29, 0.717) is 0 Å². The number of nitrogens with one attached hydrogen (secondary N) is 1. The highest BCUT2D eigenvalue weighted by Gasteiger charge is 2.03. The van der Waals surface area contributed by atoms with Gasteiger partial charge in [0.2, 0.25) is 0 Å². The van der Waals surface area contributed by atoms with Gasteiger partial charge in [-0.25, -0.2) is 0 Å². The van der Waals surface area contributed by atoms with Gasteiger partial charge in [-0.2, -0.15) is 0 Å². The van der Waals surface area contributed by atoms with Crippen LogP contribution in [0.3, 0.4) is 0 Å². The normalized spacial score (nSPS) is 10.7. The lowest BCUT2D eigenvalue weighted by Gasteiger charge is -2.03. The van der Waals surface area contributed by atoms with Gasteiger partial charge in [0.05, 0.1) is 0 Å².